The van der Waals surface area contributed by atoms with Crippen LogP contribution in [0.3, 0.4) is 0 Å². The average Bonchev–Trinajstić information content (AvgIpc) is 1.19. The van der Waals surface area contributed by atoms with Crippen molar-refractivity contribution in [3.05, 3.63) is 0 Å². The maximum atomic E-state index is 7.17. The molecule has 0 radical (unpaired) electrons. The Hall–Kier alpha value is 1.79. The average molecular weight is 399 g/mol. The molecule has 0 fully saturated rings. The first-order valence-corrected chi connectivity index (χ1v) is 12.5. The van der Waals surface area contributed by atoms with Crippen molar-refractivity contribution in [2.75, 3.05) is 0 Å². The van der Waals surface area contributed by atoms with Crippen molar-refractivity contribution in [2.24, 2.45) is 0 Å². The van der Waals surface area contributed by atoms with Crippen LogP contribution in [0.1, 0.15) is 0 Å². The van der Waals surface area contributed by atoms with Crippen LogP contribution in [-0.2, 0) is 11.9 Å². The van der Waals surface area contributed by atoms with Crippen LogP contribution in [-0.4, -0.2) is 22.4 Å². The van der Waals surface area contributed by atoms with Gasteiger partial charge in [0.2, 0.25) is 0 Å². The molecule has 0 heterocycles. The van der Waals surface area contributed by atoms with Gasteiger partial charge in [0.05, 0.1) is 0 Å². The van der Waals surface area contributed by atoms with Gasteiger partial charge in [-0.05, 0) is 0 Å². The Bertz CT molecular complexity index is 52.6. The summed E-state index contributed by atoms with van der Waals surface area (Å²) in [6.07, 6.45) is 0. The predicted octanol–water partition coefficient (Wildman–Crippen LogP) is 0.704. The molecular formula is H3BCl4O3Pt. The van der Waals surface area contributed by atoms with Gasteiger partial charge in [-0.3, -0.25) is 0 Å². The van der Waals surface area contributed by atoms with Crippen LogP contribution in [0.15, 0.2) is 0 Å². The molecule has 0 saturated heterocycles. The van der Waals surface area contributed by atoms with Crippen molar-refractivity contribution < 1.29 is 27.0 Å². The summed E-state index contributed by atoms with van der Waals surface area (Å²) in [6, 6.07) is 0. The van der Waals surface area contributed by atoms with E-state index in [0.717, 1.165) is 0 Å². The second kappa shape index (κ2) is 6.50. The summed E-state index contributed by atoms with van der Waals surface area (Å²) in [4.78, 5) is 0. The van der Waals surface area contributed by atoms with Crippen molar-refractivity contribution in [3.63, 3.8) is 0 Å². The molecule has 0 aliphatic carbocycles. The SMILES string of the molecule is OB(O)O.[Cl][Pt]([Cl])([Cl])[Cl]. The molecule has 62 valence electrons. The Kier molecular flexibility index (Phi) is 9.67. The first-order valence-electron chi connectivity index (χ1n) is 1.25. The number of halogens is 4. The molecule has 3 nitrogen and oxygen atoms in total. The summed E-state index contributed by atoms with van der Waals surface area (Å²) in [5, 5.41) is 21.5. The van der Waals surface area contributed by atoms with E-state index in [0.29, 0.717) is 0 Å². The summed E-state index contributed by atoms with van der Waals surface area (Å²) in [7, 11) is 17.9. The van der Waals surface area contributed by atoms with Crippen molar-refractivity contribution >= 4 is 45.0 Å². The molecule has 0 atom stereocenters. The van der Waals surface area contributed by atoms with Crippen molar-refractivity contribution in [1.82, 2.24) is 0 Å². The van der Waals surface area contributed by atoms with Crippen LogP contribution < -0.4 is 0 Å². The van der Waals surface area contributed by atoms with E-state index in [1.165, 1.54) is 0 Å². The molecule has 0 unspecified atom stereocenters. The van der Waals surface area contributed by atoms with Crippen molar-refractivity contribution in [2.45, 2.75) is 0 Å². The third-order valence-electron chi connectivity index (χ3n) is 0. The van der Waals surface area contributed by atoms with E-state index in [4.69, 9.17) is 52.7 Å². The first-order chi connectivity index (χ1) is 3.73. The number of hydrogen-bond acceptors (Lipinski definition) is 3. The summed E-state index contributed by atoms with van der Waals surface area (Å²) in [6.45, 7) is 0. The van der Waals surface area contributed by atoms with E-state index >= 15 is 0 Å². The van der Waals surface area contributed by atoms with E-state index < -0.39 is 19.2 Å². The van der Waals surface area contributed by atoms with E-state index in [1.54, 1.807) is 0 Å². The van der Waals surface area contributed by atoms with Gasteiger partial charge >= 0.3 is 56.9 Å². The summed E-state index contributed by atoms with van der Waals surface area (Å²) in [5.74, 6) is 0. The topological polar surface area (TPSA) is 60.7 Å². The molecule has 0 aromatic heterocycles. The molecule has 0 spiro atoms. The third-order valence-corrected chi connectivity index (χ3v) is 0. The second-order valence-corrected chi connectivity index (χ2v) is 20.3. The molecule has 9 heavy (non-hydrogen) atoms. The molecule has 0 saturated carbocycles. The fourth-order valence-corrected chi connectivity index (χ4v) is 0. The van der Waals surface area contributed by atoms with Gasteiger partial charge in [-0.1, -0.05) is 0 Å². The zero-order valence-corrected chi connectivity index (χ0v) is 9.04. The van der Waals surface area contributed by atoms with Crippen LogP contribution in [0.4, 0.5) is 0 Å². The van der Waals surface area contributed by atoms with Gasteiger partial charge in [0, 0.05) is 0 Å². The normalized spacial score (nSPS) is 11.4. The fourth-order valence-electron chi connectivity index (χ4n) is 0. The third kappa shape index (κ3) is 185. The zero-order valence-electron chi connectivity index (χ0n) is 3.75. The monoisotopic (exact) mass is 397 g/mol. The molecule has 0 amide bonds. The summed E-state index contributed by atoms with van der Waals surface area (Å²) in [5.41, 5.74) is 0. The van der Waals surface area contributed by atoms with Gasteiger partial charge in [0.15, 0.2) is 0 Å². The first kappa shape index (κ1) is 13.4. The standard InChI is InChI=1S/BH3O3.4ClH.Pt/c2-1(3)4;;;;;/h2-4H;4*1H;/q;;;;;+4/p-4. The van der Waals surface area contributed by atoms with Crippen molar-refractivity contribution in [1.29, 1.82) is 0 Å². The van der Waals surface area contributed by atoms with Crippen LogP contribution in [0, 0.1) is 0 Å². The fraction of sp³-hybridized carbons (Fsp3) is 0. The van der Waals surface area contributed by atoms with Gasteiger partial charge in [0.1, 0.15) is 0 Å². The van der Waals surface area contributed by atoms with Crippen molar-refractivity contribution in [3.8, 4) is 0 Å². The predicted molar refractivity (Wildman–Crippen MR) is 35.8 cm³/mol. The molecule has 0 aliphatic heterocycles. The van der Waals surface area contributed by atoms with Crippen LogP contribution in [0.2, 0.25) is 0 Å². The number of rotatable bonds is 0. The van der Waals surface area contributed by atoms with Gasteiger partial charge in [-0.15, -0.1) is 0 Å². The molecular weight excluding hydrogens is 396 g/mol. The Balaban J connectivity index is 0. The van der Waals surface area contributed by atoms with Crippen LogP contribution >= 0.6 is 37.7 Å². The Morgan fingerprint density at radius 3 is 0.889 bits per heavy atom. The molecule has 0 rings (SSSR count). The van der Waals surface area contributed by atoms with E-state index in [2.05, 4.69) is 0 Å². The molecule has 3 N–H and O–H groups in total. The van der Waals surface area contributed by atoms with E-state index in [9.17, 15) is 0 Å². The van der Waals surface area contributed by atoms with Crippen LogP contribution in [0.25, 0.3) is 0 Å². The minimum atomic E-state index is -3.06. The van der Waals surface area contributed by atoms with Gasteiger partial charge in [0.25, 0.3) is 0 Å². The van der Waals surface area contributed by atoms with E-state index in [-0.39, 0.29) is 0 Å². The summed E-state index contributed by atoms with van der Waals surface area (Å²) < 4.78 is 0. The Morgan fingerprint density at radius 1 is 0.889 bits per heavy atom. The Labute approximate surface area is 71.6 Å². The van der Waals surface area contributed by atoms with Gasteiger partial charge < -0.3 is 15.1 Å². The second-order valence-electron chi connectivity index (χ2n) is 0.617. The van der Waals surface area contributed by atoms with E-state index in [1.807, 2.05) is 0 Å². The molecule has 0 aromatic rings. The van der Waals surface area contributed by atoms with Crippen LogP contribution in [0.5, 0.6) is 0 Å². The molecule has 0 aliphatic rings. The minimum absolute atomic E-state index is 2.17. The summed E-state index contributed by atoms with van der Waals surface area (Å²) >= 11 is -3.06. The molecule has 0 aromatic carbocycles. The molecule has 9 heteroatoms. The zero-order chi connectivity index (χ0) is 8.08. The molecule has 0 bridgehead atoms. The number of hydrogen-bond donors (Lipinski definition) is 3. The quantitative estimate of drug-likeness (QED) is 0.527. The maximum absolute atomic E-state index is 7.17. The van der Waals surface area contributed by atoms with Gasteiger partial charge in [-0.2, -0.15) is 0 Å². The van der Waals surface area contributed by atoms with Gasteiger partial charge in [-0.25, -0.2) is 0 Å². The Morgan fingerprint density at radius 2 is 0.889 bits per heavy atom.